The Kier molecular flexibility index (Phi) is 5.10. The van der Waals surface area contributed by atoms with Gasteiger partial charge in [0.25, 0.3) is 0 Å². The van der Waals surface area contributed by atoms with Gasteiger partial charge in [0.15, 0.2) is 0 Å². The zero-order valence-electron chi connectivity index (χ0n) is 8.86. The Labute approximate surface area is 88.7 Å². The minimum absolute atomic E-state index is 0.151. The van der Waals surface area contributed by atoms with Crippen LogP contribution in [0.5, 0.6) is 0 Å². The third-order valence-electron chi connectivity index (χ3n) is 2.06. The number of carbonyl (C=O) groups excluding carboxylic acids is 2. The number of esters is 2. The highest BCUT2D eigenvalue weighted by atomic mass is 16.6. The maximum atomic E-state index is 11.2. The lowest BCUT2D eigenvalue weighted by Crippen LogP contribution is -2.17. The molecule has 1 fully saturated rings. The van der Waals surface area contributed by atoms with Crippen LogP contribution in [0.2, 0.25) is 0 Å². The molecule has 0 radical (unpaired) electrons. The van der Waals surface area contributed by atoms with Crippen LogP contribution >= 0.6 is 0 Å². The van der Waals surface area contributed by atoms with Crippen molar-refractivity contribution < 1.29 is 23.8 Å². The summed E-state index contributed by atoms with van der Waals surface area (Å²) in [4.78, 5) is 21.9. The maximum absolute atomic E-state index is 11.2. The second kappa shape index (κ2) is 6.40. The molecule has 1 saturated heterocycles. The van der Waals surface area contributed by atoms with Gasteiger partial charge in [-0.25, -0.2) is 0 Å². The van der Waals surface area contributed by atoms with Crippen LogP contribution in [0.4, 0.5) is 0 Å². The second-order valence-electron chi connectivity index (χ2n) is 3.27. The highest BCUT2D eigenvalue weighted by Gasteiger charge is 2.25. The van der Waals surface area contributed by atoms with Gasteiger partial charge in [0.05, 0.1) is 13.0 Å². The van der Waals surface area contributed by atoms with Crippen LogP contribution < -0.4 is 0 Å². The predicted octanol–water partition coefficient (Wildman–Crippen LogP) is 0.662. The zero-order valence-corrected chi connectivity index (χ0v) is 8.86. The summed E-state index contributed by atoms with van der Waals surface area (Å²) in [7, 11) is 0. The van der Waals surface area contributed by atoms with Gasteiger partial charge in [-0.1, -0.05) is 0 Å². The molecule has 1 atom stereocenters. The van der Waals surface area contributed by atoms with Crippen LogP contribution in [0, 0.1) is 0 Å². The summed E-state index contributed by atoms with van der Waals surface area (Å²) in [6.45, 7) is 3.15. The van der Waals surface area contributed by atoms with E-state index in [9.17, 15) is 9.59 Å². The third kappa shape index (κ3) is 4.78. The summed E-state index contributed by atoms with van der Waals surface area (Å²) in [5.74, 6) is -0.573. The molecule has 1 heterocycles. The van der Waals surface area contributed by atoms with E-state index in [0.717, 1.165) is 0 Å². The van der Waals surface area contributed by atoms with Crippen molar-refractivity contribution >= 4 is 11.9 Å². The molecule has 0 aliphatic carbocycles. The number of hydrogen-bond donors (Lipinski definition) is 0. The Bertz CT molecular complexity index is 226. The molecule has 0 spiro atoms. The van der Waals surface area contributed by atoms with E-state index in [1.165, 1.54) is 0 Å². The molecule has 1 aliphatic heterocycles. The molecule has 0 aromatic rings. The van der Waals surface area contributed by atoms with Crippen molar-refractivity contribution in [3.63, 3.8) is 0 Å². The monoisotopic (exact) mass is 216 g/mol. The Morgan fingerprint density at radius 1 is 1.53 bits per heavy atom. The van der Waals surface area contributed by atoms with E-state index < -0.39 is 0 Å². The number of rotatable bonds is 6. The van der Waals surface area contributed by atoms with E-state index in [0.29, 0.717) is 26.1 Å². The average Bonchev–Trinajstić information content (AvgIpc) is 2.59. The van der Waals surface area contributed by atoms with E-state index >= 15 is 0 Å². The zero-order chi connectivity index (χ0) is 11.1. The van der Waals surface area contributed by atoms with Crippen molar-refractivity contribution in [2.75, 3.05) is 19.8 Å². The van der Waals surface area contributed by atoms with Crippen molar-refractivity contribution in [2.24, 2.45) is 0 Å². The van der Waals surface area contributed by atoms with Crippen molar-refractivity contribution in [3.05, 3.63) is 0 Å². The third-order valence-corrected chi connectivity index (χ3v) is 2.06. The van der Waals surface area contributed by atoms with Crippen LogP contribution in [-0.4, -0.2) is 37.9 Å². The SMILES string of the molecule is CCOCCOC(=O)CC1CCC(=O)O1. The van der Waals surface area contributed by atoms with Crippen molar-refractivity contribution in [2.45, 2.75) is 32.3 Å². The molecule has 0 saturated carbocycles. The molecule has 1 aliphatic rings. The maximum Gasteiger partial charge on any atom is 0.309 e. The second-order valence-corrected chi connectivity index (χ2v) is 3.27. The first kappa shape index (κ1) is 12.0. The van der Waals surface area contributed by atoms with Gasteiger partial charge in [-0.05, 0) is 13.3 Å². The molecule has 5 nitrogen and oxygen atoms in total. The molecule has 86 valence electrons. The highest BCUT2D eigenvalue weighted by Crippen LogP contribution is 2.16. The van der Waals surface area contributed by atoms with Crippen molar-refractivity contribution in [1.29, 1.82) is 0 Å². The van der Waals surface area contributed by atoms with Gasteiger partial charge in [0.2, 0.25) is 0 Å². The average molecular weight is 216 g/mol. The molecule has 0 N–H and O–H groups in total. The first-order valence-corrected chi connectivity index (χ1v) is 5.15. The minimum atomic E-state index is -0.339. The standard InChI is InChI=1S/C10H16O5/c1-2-13-5-6-14-10(12)7-8-3-4-9(11)15-8/h8H,2-7H2,1H3. The van der Waals surface area contributed by atoms with Gasteiger partial charge < -0.3 is 14.2 Å². The summed E-state index contributed by atoms with van der Waals surface area (Å²) >= 11 is 0. The van der Waals surface area contributed by atoms with Gasteiger partial charge in [-0.15, -0.1) is 0 Å². The molecule has 5 heteroatoms. The molecule has 0 aromatic heterocycles. The predicted molar refractivity (Wildman–Crippen MR) is 51.2 cm³/mol. The summed E-state index contributed by atoms with van der Waals surface area (Å²) in [6.07, 6.45) is 0.867. The lowest BCUT2D eigenvalue weighted by atomic mass is 10.2. The molecule has 15 heavy (non-hydrogen) atoms. The number of carbonyl (C=O) groups is 2. The van der Waals surface area contributed by atoms with Gasteiger partial charge in [0, 0.05) is 13.0 Å². The van der Waals surface area contributed by atoms with Crippen LogP contribution in [0.15, 0.2) is 0 Å². The normalized spacial score (nSPS) is 20.1. The minimum Gasteiger partial charge on any atom is -0.463 e. The summed E-state index contributed by atoms with van der Waals surface area (Å²) in [5.41, 5.74) is 0. The van der Waals surface area contributed by atoms with Gasteiger partial charge in [-0.3, -0.25) is 9.59 Å². The molecule has 0 amide bonds. The lowest BCUT2D eigenvalue weighted by molar-refractivity contribution is -0.150. The number of cyclic esters (lactones) is 1. The Morgan fingerprint density at radius 3 is 2.93 bits per heavy atom. The Hall–Kier alpha value is -1.10. The Morgan fingerprint density at radius 2 is 2.33 bits per heavy atom. The topological polar surface area (TPSA) is 61.8 Å². The van der Waals surface area contributed by atoms with E-state index in [1.54, 1.807) is 0 Å². The molecule has 1 rings (SSSR count). The van der Waals surface area contributed by atoms with Gasteiger partial charge in [-0.2, -0.15) is 0 Å². The molecule has 1 unspecified atom stereocenters. The largest absolute Gasteiger partial charge is 0.463 e. The molecule has 0 bridgehead atoms. The van der Waals surface area contributed by atoms with Crippen molar-refractivity contribution in [3.8, 4) is 0 Å². The summed E-state index contributed by atoms with van der Waals surface area (Å²) in [6, 6.07) is 0. The van der Waals surface area contributed by atoms with Crippen LogP contribution in [0.1, 0.15) is 26.2 Å². The fourth-order valence-electron chi connectivity index (χ4n) is 1.33. The number of hydrogen-bond acceptors (Lipinski definition) is 5. The first-order valence-electron chi connectivity index (χ1n) is 5.15. The Balaban J connectivity index is 2.05. The smallest absolute Gasteiger partial charge is 0.309 e. The molecular formula is C10H16O5. The summed E-state index contributed by atoms with van der Waals surface area (Å²) in [5, 5.41) is 0. The quantitative estimate of drug-likeness (QED) is 0.482. The van der Waals surface area contributed by atoms with E-state index in [4.69, 9.17) is 14.2 Å². The van der Waals surface area contributed by atoms with E-state index in [1.807, 2.05) is 6.92 Å². The summed E-state index contributed by atoms with van der Waals surface area (Å²) < 4.78 is 14.8. The van der Waals surface area contributed by atoms with E-state index in [-0.39, 0.29) is 31.1 Å². The van der Waals surface area contributed by atoms with Crippen LogP contribution in [-0.2, 0) is 23.8 Å². The lowest BCUT2D eigenvalue weighted by Gasteiger charge is -2.08. The molecular weight excluding hydrogens is 200 g/mol. The van der Waals surface area contributed by atoms with Crippen LogP contribution in [0.25, 0.3) is 0 Å². The van der Waals surface area contributed by atoms with Gasteiger partial charge in [0.1, 0.15) is 12.7 Å². The number of ether oxygens (including phenoxy) is 3. The van der Waals surface area contributed by atoms with E-state index in [2.05, 4.69) is 0 Å². The fourth-order valence-corrected chi connectivity index (χ4v) is 1.33. The van der Waals surface area contributed by atoms with Crippen molar-refractivity contribution in [1.82, 2.24) is 0 Å². The van der Waals surface area contributed by atoms with Crippen LogP contribution in [0.3, 0.4) is 0 Å². The first-order chi connectivity index (χ1) is 7.22. The molecule has 0 aromatic carbocycles. The van der Waals surface area contributed by atoms with Gasteiger partial charge >= 0.3 is 11.9 Å². The fraction of sp³-hybridized carbons (Fsp3) is 0.800. The highest BCUT2D eigenvalue weighted by molar-refractivity contribution is 5.74.